The van der Waals surface area contributed by atoms with E-state index in [9.17, 15) is 9.50 Å². The molecular weight excluding hydrogens is 415 g/mol. The molecule has 0 saturated carbocycles. The number of hydrogen-bond acceptors (Lipinski definition) is 7. The van der Waals surface area contributed by atoms with Gasteiger partial charge in [-0.25, -0.2) is 9.37 Å². The van der Waals surface area contributed by atoms with Gasteiger partial charge in [-0.1, -0.05) is 0 Å². The van der Waals surface area contributed by atoms with Crippen LogP contribution < -0.4 is 10.1 Å². The Morgan fingerprint density at radius 1 is 1.10 bits per heavy atom. The van der Waals surface area contributed by atoms with Crippen LogP contribution >= 0.6 is 11.3 Å². The number of phenols is 1. The molecule has 0 atom stereocenters. The van der Waals surface area contributed by atoms with Gasteiger partial charge >= 0.3 is 0 Å². The number of piperidine rings is 1. The topological polar surface area (TPSA) is 80.2 Å². The number of benzene rings is 1. The Hall–Kier alpha value is -2.58. The Kier molecular flexibility index (Phi) is 5.47. The van der Waals surface area contributed by atoms with Gasteiger partial charge in [-0.05, 0) is 52.8 Å². The maximum absolute atomic E-state index is 14.7. The molecule has 1 fully saturated rings. The second-order valence-electron chi connectivity index (χ2n) is 9.39. The van der Waals surface area contributed by atoms with Gasteiger partial charge in [-0.2, -0.15) is 0 Å². The fourth-order valence-corrected chi connectivity index (χ4v) is 5.25. The summed E-state index contributed by atoms with van der Waals surface area (Å²) in [5.74, 6) is -0.0935. The molecule has 2 aromatic heterocycles. The first-order valence-electron chi connectivity index (χ1n) is 10.3. The highest BCUT2D eigenvalue weighted by Crippen LogP contribution is 2.37. The Labute approximate surface area is 185 Å². The number of nitrogens with zero attached hydrogens (tertiary/aromatic N) is 3. The van der Waals surface area contributed by atoms with Crippen molar-refractivity contribution >= 4 is 11.3 Å². The van der Waals surface area contributed by atoms with Gasteiger partial charge in [0.25, 0.3) is 0 Å². The van der Waals surface area contributed by atoms with E-state index in [2.05, 4.69) is 48.2 Å². The van der Waals surface area contributed by atoms with Crippen LogP contribution in [0.25, 0.3) is 21.7 Å². The molecule has 31 heavy (non-hydrogen) atoms. The summed E-state index contributed by atoms with van der Waals surface area (Å²) in [5.41, 5.74) is 0.895. The van der Waals surface area contributed by atoms with E-state index in [1.807, 2.05) is 6.92 Å². The van der Waals surface area contributed by atoms with Crippen LogP contribution in [0, 0.1) is 12.7 Å². The average Bonchev–Trinajstić information content (AvgIpc) is 3.07. The number of aromatic nitrogens is 3. The summed E-state index contributed by atoms with van der Waals surface area (Å²) in [5, 5.41) is 23.3. The predicted molar refractivity (Wildman–Crippen MR) is 120 cm³/mol. The molecule has 0 amide bonds. The molecule has 1 aliphatic heterocycles. The van der Waals surface area contributed by atoms with Gasteiger partial charge in [0.2, 0.25) is 5.88 Å². The van der Waals surface area contributed by atoms with Gasteiger partial charge < -0.3 is 15.2 Å². The second-order valence-corrected chi connectivity index (χ2v) is 10.6. The Balaban J connectivity index is 1.54. The van der Waals surface area contributed by atoms with Crippen molar-refractivity contribution in [2.75, 3.05) is 0 Å². The van der Waals surface area contributed by atoms with Gasteiger partial charge in [0, 0.05) is 47.3 Å². The Morgan fingerprint density at radius 2 is 1.81 bits per heavy atom. The average molecular weight is 443 g/mol. The second kappa shape index (κ2) is 7.84. The van der Waals surface area contributed by atoms with Gasteiger partial charge in [-0.15, -0.1) is 21.5 Å². The van der Waals surface area contributed by atoms with Crippen molar-refractivity contribution in [1.29, 1.82) is 0 Å². The van der Waals surface area contributed by atoms with Crippen molar-refractivity contribution < 1.29 is 14.2 Å². The largest absolute Gasteiger partial charge is 0.507 e. The minimum atomic E-state index is -0.447. The number of phenolic OH excluding ortho intramolecular Hbond substituents is 1. The van der Waals surface area contributed by atoms with E-state index in [1.165, 1.54) is 23.5 Å². The number of aromatic hydroxyl groups is 1. The standard InChI is InChI=1S/C23H27FN4O2S/c1-13-25-12-20(31-13)15-9-19(29)16(8-17(15)24)18-6-7-21(27-26-18)30-14-10-22(2,3)28-23(4,5)11-14/h6-9,12,14,28-29H,10-11H2,1-5H3. The first-order chi connectivity index (χ1) is 14.5. The number of nitrogens with one attached hydrogen (secondary N) is 1. The van der Waals surface area contributed by atoms with Crippen LogP contribution in [0.3, 0.4) is 0 Å². The van der Waals surface area contributed by atoms with Gasteiger partial charge in [0.05, 0.1) is 15.6 Å². The van der Waals surface area contributed by atoms with Crippen LogP contribution in [0.5, 0.6) is 11.6 Å². The molecule has 0 aliphatic carbocycles. The van der Waals surface area contributed by atoms with Crippen molar-refractivity contribution in [2.45, 2.75) is 64.6 Å². The number of thiazole rings is 1. The van der Waals surface area contributed by atoms with Crippen LogP contribution in [0.15, 0.2) is 30.5 Å². The lowest BCUT2D eigenvalue weighted by Crippen LogP contribution is -2.60. The third-order valence-electron chi connectivity index (χ3n) is 5.33. The molecule has 164 valence electrons. The molecule has 3 aromatic rings. The Morgan fingerprint density at radius 3 is 2.39 bits per heavy atom. The Bertz CT molecular complexity index is 1080. The molecule has 0 bridgehead atoms. The lowest BCUT2D eigenvalue weighted by molar-refractivity contribution is 0.0524. The lowest BCUT2D eigenvalue weighted by Gasteiger charge is -2.46. The first-order valence-corrected chi connectivity index (χ1v) is 11.1. The SMILES string of the molecule is Cc1ncc(-c2cc(O)c(-c3ccc(OC4CC(C)(C)NC(C)(C)C4)nn3)cc2F)s1. The summed E-state index contributed by atoms with van der Waals surface area (Å²) in [6.45, 7) is 10.5. The zero-order chi connectivity index (χ0) is 22.4. The van der Waals surface area contributed by atoms with Crippen LogP contribution in [-0.4, -0.2) is 37.5 Å². The van der Waals surface area contributed by atoms with E-state index in [1.54, 1.807) is 18.3 Å². The minimum Gasteiger partial charge on any atom is -0.507 e. The molecule has 4 rings (SSSR count). The first kappa shape index (κ1) is 21.6. The highest BCUT2D eigenvalue weighted by Gasteiger charge is 2.38. The summed E-state index contributed by atoms with van der Waals surface area (Å²) in [7, 11) is 0. The number of hydrogen-bond donors (Lipinski definition) is 2. The molecule has 1 saturated heterocycles. The highest BCUT2D eigenvalue weighted by molar-refractivity contribution is 7.15. The zero-order valence-electron chi connectivity index (χ0n) is 18.4. The van der Waals surface area contributed by atoms with E-state index in [4.69, 9.17) is 4.74 Å². The minimum absolute atomic E-state index is 0.0133. The smallest absolute Gasteiger partial charge is 0.233 e. The fraction of sp³-hybridized carbons (Fsp3) is 0.435. The third-order valence-corrected chi connectivity index (χ3v) is 6.27. The third kappa shape index (κ3) is 4.85. The van der Waals surface area contributed by atoms with E-state index in [-0.39, 0.29) is 28.5 Å². The van der Waals surface area contributed by atoms with E-state index in [0.717, 1.165) is 17.8 Å². The number of halogens is 1. The van der Waals surface area contributed by atoms with Crippen molar-refractivity contribution in [3.05, 3.63) is 41.3 Å². The number of aryl methyl sites for hydroxylation is 1. The maximum atomic E-state index is 14.7. The van der Waals surface area contributed by atoms with Crippen molar-refractivity contribution in [3.8, 4) is 33.3 Å². The molecule has 6 nitrogen and oxygen atoms in total. The molecule has 0 radical (unpaired) electrons. The molecule has 0 unspecified atom stereocenters. The normalized spacial score (nSPS) is 18.1. The lowest BCUT2D eigenvalue weighted by atomic mass is 9.81. The van der Waals surface area contributed by atoms with Crippen molar-refractivity contribution in [3.63, 3.8) is 0 Å². The number of rotatable bonds is 4. The summed E-state index contributed by atoms with van der Waals surface area (Å²) < 4.78 is 20.8. The quantitative estimate of drug-likeness (QED) is 0.585. The van der Waals surface area contributed by atoms with Crippen LogP contribution in [-0.2, 0) is 0 Å². The maximum Gasteiger partial charge on any atom is 0.233 e. The molecule has 0 spiro atoms. The van der Waals surface area contributed by atoms with E-state index >= 15 is 0 Å². The molecule has 8 heteroatoms. The summed E-state index contributed by atoms with van der Waals surface area (Å²) in [4.78, 5) is 4.82. The van der Waals surface area contributed by atoms with Crippen LogP contribution in [0.1, 0.15) is 45.5 Å². The van der Waals surface area contributed by atoms with Gasteiger partial charge in [-0.3, -0.25) is 0 Å². The molecule has 3 heterocycles. The van der Waals surface area contributed by atoms with E-state index < -0.39 is 5.82 Å². The predicted octanol–water partition coefficient (Wildman–Crippen LogP) is 5.11. The highest BCUT2D eigenvalue weighted by atomic mass is 32.1. The van der Waals surface area contributed by atoms with Gasteiger partial charge in [0.1, 0.15) is 17.7 Å². The van der Waals surface area contributed by atoms with Gasteiger partial charge in [0.15, 0.2) is 0 Å². The molecule has 1 aromatic carbocycles. The van der Waals surface area contributed by atoms with Crippen LogP contribution in [0.2, 0.25) is 0 Å². The van der Waals surface area contributed by atoms with E-state index in [0.29, 0.717) is 22.0 Å². The fourth-order valence-electron chi connectivity index (χ4n) is 4.45. The molecular formula is C23H27FN4O2S. The number of ether oxygens (including phenoxy) is 1. The summed E-state index contributed by atoms with van der Waals surface area (Å²) in [6.07, 6.45) is 3.32. The van der Waals surface area contributed by atoms with Crippen LogP contribution in [0.4, 0.5) is 4.39 Å². The molecule has 1 aliphatic rings. The monoisotopic (exact) mass is 442 g/mol. The zero-order valence-corrected chi connectivity index (χ0v) is 19.2. The summed E-state index contributed by atoms with van der Waals surface area (Å²) in [6, 6.07) is 6.08. The molecule has 2 N–H and O–H groups in total. The van der Waals surface area contributed by atoms with Crippen molar-refractivity contribution in [1.82, 2.24) is 20.5 Å². The van der Waals surface area contributed by atoms with Crippen molar-refractivity contribution in [2.24, 2.45) is 0 Å². The summed E-state index contributed by atoms with van der Waals surface area (Å²) >= 11 is 1.37.